The minimum atomic E-state index is -2.79. The van der Waals surface area contributed by atoms with Gasteiger partial charge in [-0.25, -0.2) is 0 Å². The van der Waals surface area contributed by atoms with E-state index >= 15 is 0 Å². The first-order valence-corrected chi connectivity index (χ1v) is 26.1. The second-order valence-electron chi connectivity index (χ2n) is 14.8. The number of nitrogens with zero attached hydrogens (tertiary/aromatic N) is 1. The van der Waals surface area contributed by atoms with Gasteiger partial charge in [0.15, 0.2) is 0 Å². The van der Waals surface area contributed by atoms with E-state index in [0.717, 1.165) is 0 Å². The van der Waals surface area contributed by atoms with Gasteiger partial charge in [0.25, 0.3) is 0 Å². The predicted octanol–water partition coefficient (Wildman–Crippen LogP) is 4.73. The molecule has 0 saturated heterocycles. The van der Waals surface area contributed by atoms with Crippen LogP contribution >= 0.6 is 0 Å². The van der Waals surface area contributed by atoms with Crippen LogP contribution in [0.25, 0.3) is 0 Å². The third-order valence-electron chi connectivity index (χ3n) is 10.5. The van der Waals surface area contributed by atoms with Crippen LogP contribution in [0.5, 0.6) is 0 Å². The number of fused-ring (bicyclic) bond motifs is 6. The van der Waals surface area contributed by atoms with Crippen LogP contribution in [0.2, 0.25) is 21.5 Å². The standard InChI is InChI=1S/C35H40BGe2N/c1-34(2,3)23-21-29-32-31(22-23)39-30-20-13-12-18-27(30)38(9,35(4,5)6)28-19-14-16-25(33(28)39)36(32)24-15-10-11-17-26(24)37(29,7)8/h10-22H,1-9H3. The molecule has 0 N–H and O–H groups in total. The number of hydrogen-bond donors (Lipinski definition) is 0. The van der Waals surface area contributed by atoms with Gasteiger partial charge in [0, 0.05) is 0 Å². The fraction of sp³-hybridized carbons (Fsp3) is 0.314. The topological polar surface area (TPSA) is 3.24 Å². The zero-order valence-corrected chi connectivity index (χ0v) is 29.2. The van der Waals surface area contributed by atoms with Crippen molar-refractivity contribution in [1.82, 2.24) is 0 Å². The van der Waals surface area contributed by atoms with Gasteiger partial charge < -0.3 is 0 Å². The summed E-state index contributed by atoms with van der Waals surface area (Å²) in [5.41, 5.74) is 10.6. The van der Waals surface area contributed by atoms with E-state index in [9.17, 15) is 0 Å². The van der Waals surface area contributed by atoms with E-state index in [1.807, 2.05) is 0 Å². The maximum atomic E-state index is 2.72. The number of para-hydroxylation sites is 2. The van der Waals surface area contributed by atoms with Crippen molar-refractivity contribution in [1.29, 1.82) is 0 Å². The van der Waals surface area contributed by atoms with Crippen LogP contribution in [0.4, 0.5) is 17.1 Å². The Bertz CT molecular complexity index is 1690. The molecule has 0 aromatic heterocycles. The molecule has 0 radical (unpaired) electrons. The van der Waals surface area contributed by atoms with Crippen LogP contribution in [0, 0.1) is 0 Å². The molecule has 3 aliphatic heterocycles. The molecule has 196 valence electrons. The van der Waals surface area contributed by atoms with E-state index in [0.29, 0.717) is 6.71 Å². The summed E-state index contributed by atoms with van der Waals surface area (Å²) in [5.74, 6) is 7.92. The van der Waals surface area contributed by atoms with Crippen molar-refractivity contribution < 1.29 is 0 Å². The van der Waals surface area contributed by atoms with Gasteiger partial charge in [-0.2, -0.15) is 0 Å². The van der Waals surface area contributed by atoms with E-state index in [4.69, 9.17) is 0 Å². The fourth-order valence-corrected chi connectivity index (χ4v) is 23.4. The molecule has 1 unspecified atom stereocenters. The molecule has 0 fully saturated rings. The third-order valence-corrected chi connectivity index (χ3v) is 30.5. The summed E-state index contributed by atoms with van der Waals surface area (Å²) >= 11 is -5.36. The van der Waals surface area contributed by atoms with Crippen LogP contribution in [0.3, 0.4) is 0 Å². The average molecular weight is 631 g/mol. The Morgan fingerprint density at radius 3 is 1.92 bits per heavy atom. The monoisotopic (exact) mass is 633 g/mol. The zero-order valence-electron chi connectivity index (χ0n) is 25.0. The van der Waals surface area contributed by atoms with Crippen LogP contribution in [-0.2, 0) is 5.41 Å². The van der Waals surface area contributed by atoms with Crippen molar-refractivity contribution in [2.45, 2.75) is 68.5 Å². The van der Waals surface area contributed by atoms with Gasteiger partial charge >= 0.3 is 242 Å². The average Bonchev–Trinajstić information content (AvgIpc) is 2.88. The molecule has 3 aliphatic rings. The summed E-state index contributed by atoms with van der Waals surface area (Å²) in [7, 11) is 0. The van der Waals surface area contributed by atoms with E-state index in [1.54, 1.807) is 28.5 Å². The molecule has 0 spiro atoms. The van der Waals surface area contributed by atoms with Crippen LogP contribution in [0.15, 0.2) is 78.9 Å². The second kappa shape index (κ2) is 7.97. The normalized spacial score (nSPS) is 20.1. The molecule has 0 bridgehead atoms. The molecule has 1 nitrogen and oxygen atoms in total. The Kier molecular flexibility index (Phi) is 5.27. The van der Waals surface area contributed by atoms with Crippen molar-refractivity contribution in [2.75, 3.05) is 4.90 Å². The van der Waals surface area contributed by atoms with Crippen molar-refractivity contribution in [3.63, 3.8) is 0 Å². The Balaban J connectivity index is 1.69. The first kappa shape index (κ1) is 25.8. The summed E-state index contributed by atoms with van der Waals surface area (Å²) < 4.78 is 6.85. The first-order chi connectivity index (χ1) is 18.3. The molecular weight excluding hydrogens is 590 g/mol. The van der Waals surface area contributed by atoms with Gasteiger partial charge in [0.05, 0.1) is 0 Å². The summed E-state index contributed by atoms with van der Waals surface area (Å²) in [4.78, 5) is 2.72. The van der Waals surface area contributed by atoms with Gasteiger partial charge in [-0.15, -0.1) is 0 Å². The van der Waals surface area contributed by atoms with Gasteiger partial charge in [0.1, 0.15) is 0 Å². The van der Waals surface area contributed by atoms with Crippen molar-refractivity contribution >= 4 is 84.3 Å². The Morgan fingerprint density at radius 1 is 0.615 bits per heavy atom. The van der Waals surface area contributed by atoms with Gasteiger partial charge in [-0.3, -0.25) is 0 Å². The molecule has 39 heavy (non-hydrogen) atoms. The zero-order chi connectivity index (χ0) is 27.7. The van der Waals surface area contributed by atoms with E-state index < -0.39 is 26.5 Å². The molecule has 4 aromatic carbocycles. The number of benzene rings is 4. The second-order valence-corrected chi connectivity index (χ2v) is 34.0. The quantitative estimate of drug-likeness (QED) is 0.224. The summed E-state index contributed by atoms with van der Waals surface area (Å²) in [6.07, 6.45) is 0. The number of rotatable bonds is 0. The Morgan fingerprint density at radius 2 is 1.23 bits per heavy atom. The van der Waals surface area contributed by atoms with Gasteiger partial charge in [-0.1, -0.05) is 0 Å². The van der Waals surface area contributed by atoms with E-state index in [2.05, 4.69) is 143 Å². The number of anilines is 3. The molecule has 7 rings (SSSR count). The maximum absolute atomic E-state index is 2.79. The third kappa shape index (κ3) is 3.22. The fourth-order valence-electron chi connectivity index (χ4n) is 7.88. The van der Waals surface area contributed by atoms with E-state index in [1.165, 1.54) is 28.1 Å². The number of hydrogen-bond acceptors (Lipinski definition) is 1. The SMILES string of the molecule is CC(C)(C)c1cc2c3[c](c1)[Ge]([CH3])([CH3])[c]1ccccc1B3c1ccc[c]3c1N2c1cccc[c]1[Ge]3([CH3])[C](C)(C)C. The molecule has 0 aliphatic carbocycles. The molecule has 0 amide bonds. The summed E-state index contributed by atoms with van der Waals surface area (Å²) in [6.45, 7) is 14.9. The Labute approximate surface area is 240 Å². The predicted molar refractivity (Wildman–Crippen MR) is 178 cm³/mol. The molecule has 3 heterocycles. The minimum absolute atomic E-state index is 0.0865. The van der Waals surface area contributed by atoms with Gasteiger partial charge in [-0.05, 0) is 0 Å². The summed E-state index contributed by atoms with van der Waals surface area (Å²) in [6, 6.07) is 31.5. The molecule has 4 heteroatoms. The van der Waals surface area contributed by atoms with Crippen LogP contribution in [-0.4, -0.2) is 33.2 Å². The molecular formula is C35H40BGe2N. The molecule has 4 aromatic rings. The first-order valence-electron chi connectivity index (χ1n) is 14.6. The molecule has 0 saturated carbocycles. The van der Waals surface area contributed by atoms with Crippen LogP contribution < -0.4 is 38.9 Å². The Hall–Kier alpha value is -2.17. The van der Waals surface area contributed by atoms with Gasteiger partial charge in [0.2, 0.25) is 0 Å². The van der Waals surface area contributed by atoms with Crippen molar-refractivity contribution in [2.24, 2.45) is 0 Å². The summed E-state index contributed by atoms with van der Waals surface area (Å²) in [5, 5.41) is 0. The van der Waals surface area contributed by atoms with Crippen molar-refractivity contribution in [3.8, 4) is 0 Å². The van der Waals surface area contributed by atoms with E-state index in [-0.39, 0.29) is 9.66 Å². The van der Waals surface area contributed by atoms with Crippen molar-refractivity contribution in [3.05, 3.63) is 84.4 Å². The molecule has 1 atom stereocenters. The van der Waals surface area contributed by atoms with Crippen LogP contribution in [0.1, 0.15) is 47.1 Å².